The summed E-state index contributed by atoms with van der Waals surface area (Å²) in [6, 6.07) is 7.51. The molecule has 0 fully saturated rings. The zero-order chi connectivity index (χ0) is 11.5. The number of hydrogen-bond donors (Lipinski definition) is 0. The second-order valence-corrected chi connectivity index (χ2v) is 3.59. The zero-order valence-corrected chi connectivity index (χ0v) is 9.06. The molecule has 2 rings (SSSR count). The molecule has 0 radical (unpaired) electrons. The maximum Gasteiger partial charge on any atom is 0.241 e. The van der Waals surface area contributed by atoms with Gasteiger partial charge in [0.2, 0.25) is 5.91 Å². The van der Waals surface area contributed by atoms with Gasteiger partial charge in [-0.2, -0.15) is 5.26 Å². The average molecular weight is 216 g/mol. The Kier molecular flexibility index (Phi) is 2.78. The van der Waals surface area contributed by atoms with Crippen molar-refractivity contribution in [3.8, 4) is 11.8 Å². The van der Waals surface area contributed by atoms with E-state index < -0.39 is 0 Å². The predicted octanol–water partition coefficient (Wildman–Crippen LogP) is 1.50. The Morgan fingerprint density at radius 1 is 1.62 bits per heavy atom. The molecule has 4 nitrogen and oxygen atoms in total. The monoisotopic (exact) mass is 216 g/mol. The molecule has 0 bridgehead atoms. The number of hydrogen-bond acceptors (Lipinski definition) is 3. The van der Waals surface area contributed by atoms with Gasteiger partial charge < -0.3 is 9.64 Å². The van der Waals surface area contributed by atoms with Crippen LogP contribution in [-0.4, -0.2) is 19.6 Å². The van der Waals surface area contributed by atoms with Gasteiger partial charge in [0.25, 0.3) is 0 Å². The topological polar surface area (TPSA) is 53.3 Å². The number of ether oxygens (including phenoxy) is 1. The second-order valence-electron chi connectivity index (χ2n) is 3.59. The first-order valence-corrected chi connectivity index (χ1v) is 5.11. The minimum atomic E-state index is -0.144. The van der Waals surface area contributed by atoms with Gasteiger partial charge in [-0.15, -0.1) is 0 Å². The molecule has 1 aliphatic rings. The van der Waals surface area contributed by atoms with Crippen molar-refractivity contribution in [3.63, 3.8) is 0 Å². The van der Waals surface area contributed by atoms with E-state index >= 15 is 0 Å². The van der Waals surface area contributed by atoms with Crippen LogP contribution in [0.3, 0.4) is 0 Å². The molecule has 1 aliphatic heterocycles. The Balaban J connectivity index is 2.34. The van der Waals surface area contributed by atoms with E-state index in [4.69, 9.17) is 10.00 Å². The van der Waals surface area contributed by atoms with Gasteiger partial charge in [-0.1, -0.05) is 6.07 Å². The molecular weight excluding hydrogens is 204 g/mol. The van der Waals surface area contributed by atoms with Gasteiger partial charge >= 0.3 is 0 Å². The molecule has 82 valence electrons. The summed E-state index contributed by atoms with van der Waals surface area (Å²) in [6.07, 6.45) is 0.715. The summed E-state index contributed by atoms with van der Waals surface area (Å²) >= 11 is 0. The number of fused-ring (bicyclic) bond motifs is 1. The van der Waals surface area contributed by atoms with E-state index in [0.717, 1.165) is 23.4 Å². The van der Waals surface area contributed by atoms with Crippen molar-refractivity contribution < 1.29 is 9.53 Å². The molecule has 0 atom stereocenters. The maximum atomic E-state index is 11.7. The third-order valence-corrected chi connectivity index (χ3v) is 2.74. The highest BCUT2D eigenvalue weighted by atomic mass is 16.5. The summed E-state index contributed by atoms with van der Waals surface area (Å²) in [5.74, 6) is 0.666. The molecule has 16 heavy (non-hydrogen) atoms. The van der Waals surface area contributed by atoms with Crippen LogP contribution in [0.5, 0.6) is 5.75 Å². The van der Waals surface area contributed by atoms with Gasteiger partial charge in [0.1, 0.15) is 12.2 Å². The van der Waals surface area contributed by atoms with Crippen molar-refractivity contribution >= 4 is 11.6 Å². The molecule has 0 aliphatic carbocycles. The van der Waals surface area contributed by atoms with Crippen LogP contribution in [0.15, 0.2) is 18.2 Å². The summed E-state index contributed by atoms with van der Waals surface area (Å²) in [4.78, 5) is 13.3. The Bertz CT molecular complexity index is 463. The van der Waals surface area contributed by atoms with Crippen molar-refractivity contribution in [1.29, 1.82) is 5.26 Å². The smallest absolute Gasteiger partial charge is 0.241 e. The lowest BCUT2D eigenvalue weighted by Gasteiger charge is -2.15. The van der Waals surface area contributed by atoms with E-state index in [1.54, 1.807) is 12.0 Å². The molecule has 0 saturated heterocycles. The van der Waals surface area contributed by atoms with Crippen LogP contribution in [0.1, 0.15) is 12.0 Å². The summed E-state index contributed by atoms with van der Waals surface area (Å²) < 4.78 is 5.24. The van der Waals surface area contributed by atoms with Crippen molar-refractivity contribution in [2.75, 3.05) is 18.6 Å². The normalized spacial score (nSPS) is 13.1. The molecule has 0 saturated carbocycles. The molecule has 0 N–H and O–H groups in total. The molecule has 4 heteroatoms. The lowest BCUT2D eigenvalue weighted by molar-refractivity contribution is -0.117. The summed E-state index contributed by atoms with van der Waals surface area (Å²) in [5.41, 5.74) is 1.93. The highest BCUT2D eigenvalue weighted by Gasteiger charge is 2.26. The third kappa shape index (κ3) is 1.61. The minimum Gasteiger partial charge on any atom is -0.496 e. The van der Waals surface area contributed by atoms with E-state index in [2.05, 4.69) is 0 Å². The first-order chi connectivity index (χ1) is 7.77. The van der Waals surface area contributed by atoms with Gasteiger partial charge in [0, 0.05) is 12.1 Å². The van der Waals surface area contributed by atoms with E-state index in [-0.39, 0.29) is 12.3 Å². The van der Waals surface area contributed by atoms with Crippen molar-refractivity contribution in [1.82, 2.24) is 0 Å². The number of methoxy groups -OCH3 is 1. The maximum absolute atomic E-state index is 11.7. The molecule has 1 heterocycles. The van der Waals surface area contributed by atoms with Crippen molar-refractivity contribution in [2.45, 2.75) is 12.8 Å². The van der Waals surface area contributed by atoms with Gasteiger partial charge in [0.15, 0.2) is 0 Å². The van der Waals surface area contributed by atoms with E-state index in [0.29, 0.717) is 6.54 Å². The summed E-state index contributed by atoms with van der Waals surface area (Å²) in [5, 5.41) is 8.52. The van der Waals surface area contributed by atoms with Gasteiger partial charge in [-0.3, -0.25) is 4.79 Å². The number of amides is 1. The zero-order valence-electron chi connectivity index (χ0n) is 9.06. The van der Waals surface area contributed by atoms with Crippen LogP contribution in [0.2, 0.25) is 0 Å². The van der Waals surface area contributed by atoms with Gasteiger partial charge in [0.05, 0.1) is 18.9 Å². The first-order valence-electron chi connectivity index (χ1n) is 5.11. The van der Waals surface area contributed by atoms with Gasteiger partial charge in [-0.25, -0.2) is 0 Å². The Hall–Kier alpha value is -2.02. The number of nitrogens with zero attached hydrogens (tertiary/aromatic N) is 2. The highest BCUT2D eigenvalue weighted by Crippen LogP contribution is 2.34. The quantitative estimate of drug-likeness (QED) is 0.752. The fraction of sp³-hybridized carbons (Fsp3) is 0.333. The minimum absolute atomic E-state index is 0.0728. The van der Waals surface area contributed by atoms with Crippen molar-refractivity contribution in [3.05, 3.63) is 23.8 Å². The van der Waals surface area contributed by atoms with E-state index in [1.165, 1.54) is 0 Å². The molecule has 0 aromatic heterocycles. The average Bonchev–Trinajstić information content (AvgIpc) is 2.72. The summed E-state index contributed by atoms with van der Waals surface area (Å²) in [6.45, 7) is 0.635. The molecule has 0 unspecified atom stereocenters. The largest absolute Gasteiger partial charge is 0.496 e. The number of rotatable bonds is 2. The highest BCUT2D eigenvalue weighted by molar-refractivity contribution is 5.97. The number of anilines is 1. The van der Waals surface area contributed by atoms with Crippen LogP contribution < -0.4 is 9.64 Å². The van der Waals surface area contributed by atoms with Gasteiger partial charge in [-0.05, 0) is 18.6 Å². The third-order valence-electron chi connectivity index (χ3n) is 2.74. The molecular formula is C12H12N2O2. The Morgan fingerprint density at radius 2 is 2.44 bits per heavy atom. The van der Waals surface area contributed by atoms with Crippen LogP contribution in [0.25, 0.3) is 0 Å². The molecule has 0 spiro atoms. The standard InChI is InChI=1S/C12H12N2O2/c1-16-11-4-2-3-10-9(11)6-8-14(10)12(15)5-7-13/h2-4H,5-6,8H2,1H3. The van der Waals surface area contributed by atoms with Crippen LogP contribution >= 0.6 is 0 Å². The molecule has 1 aromatic rings. The van der Waals surface area contributed by atoms with E-state index in [1.807, 2.05) is 24.3 Å². The van der Waals surface area contributed by atoms with Crippen LogP contribution in [0, 0.1) is 11.3 Å². The van der Waals surface area contributed by atoms with E-state index in [9.17, 15) is 4.79 Å². The fourth-order valence-electron chi connectivity index (χ4n) is 2.02. The Labute approximate surface area is 94.0 Å². The molecule has 1 aromatic carbocycles. The number of nitriles is 1. The molecule has 1 amide bonds. The summed E-state index contributed by atoms with van der Waals surface area (Å²) in [7, 11) is 1.62. The first kappa shape index (κ1) is 10.5. The Morgan fingerprint density at radius 3 is 3.12 bits per heavy atom. The number of carbonyl (C=O) groups is 1. The van der Waals surface area contributed by atoms with Crippen LogP contribution in [0.4, 0.5) is 5.69 Å². The SMILES string of the molecule is COc1cccc2c1CCN2C(=O)CC#N. The lowest BCUT2D eigenvalue weighted by Crippen LogP contribution is -2.28. The fourth-order valence-corrected chi connectivity index (χ4v) is 2.02. The number of benzene rings is 1. The van der Waals surface area contributed by atoms with Crippen molar-refractivity contribution in [2.24, 2.45) is 0 Å². The second kappa shape index (κ2) is 4.23. The number of carbonyl (C=O) groups excluding carboxylic acids is 1. The van der Waals surface area contributed by atoms with Crippen LogP contribution in [-0.2, 0) is 11.2 Å². The predicted molar refractivity (Wildman–Crippen MR) is 59.3 cm³/mol. The lowest BCUT2D eigenvalue weighted by atomic mass is 10.1.